The third-order valence-corrected chi connectivity index (χ3v) is 15.5. The number of carbonyl (C=O) groups excluding carboxylic acids is 1. The summed E-state index contributed by atoms with van der Waals surface area (Å²) in [7, 11) is -2.29. The molecule has 0 spiro atoms. The van der Waals surface area contributed by atoms with Crippen molar-refractivity contribution in [3.8, 4) is 16.9 Å². The summed E-state index contributed by atoms with van der Waals surface area (Å²) in [6.07, 6.45) is 9.40. The number of aromatic nitrogens is 5. The summed E-state index contributed by atoms with van der Waals surface area (Å²) in [5.74, 6) is 1.41. The van der Waals surface area contributed by atoms with Gasteiger partial charge < -0.3 is 19.1 Å². The lowest BCUT2D eigenvalue weighted by Gasteiger charge is -2.69. The molecule has 2 aromatic carbocycles. The maximum absolute atomic E-state index is 14.2. The summed E-state index contributed by atoms with van der Waals surface area (Å²) < 4.78 is 51.5. The summed E-state index contributed by atoms with van der Waals surface area (Å²) in [6.45, 7) is 12.2. The van der Waals surface area contributed by atoms with Crippen molar-refractivity contribution in [2.45, 2.75) is 110 Å². The fourth-order valence-electron chi connectivity index (χ4n) is 12.2. The van der Waals surface area contributed by atoms with Crippen LogP contribution in [0.3, 0.4) is 0 Å². The van der Waals surface area contributed by atoms with Gasteiger partial charge in [0.2, 0.25) is 0 Å². The van der Waals surface area contributed by atoms with Crippen molar-refractivity contribution < 1.29 is 31.6 Å². The first kappa shape index (κ1) is 43.4. The van der Waals surface area contributed by atoms with Crippen LogP contribution in [0.15, 0.2) is 71.8 Å². The second-order valence-corrected chi connectivity index (χ2v) is 21.2. The summed E-state index contributed by atoms with van der Waals surface area (Å²) in [6, 6.07) is 17.9. The van der Waals surface area contributed by atoms with Gasteiger partial charge >= 0.3 is 5.97 Å². The first-order chi connectivity index (χ1) is 30.0. The quantitative estimate of drug-likeness (QED) is 0.0594. The molecule has 5 aliphatic rings. The van der Waals surface area contributed by atoms with Gasteiger partial charge in [-0.1, -0.05) is 55.3 Å². The number of carbonyl (C=O) groups is 1. The number of hydrogen-bond donors (Lipinski definition) is 0. The molecule has 5 aromatic rings. The van der Waals surface area contributed by atoms with Crippen LogP contribution in [-0.2, 0) is 43.3 Å². The Hall–Kier alpha value is -4.89. The van der Waals surface area contributed by atoms with Crippen molar-refractivity contribution in [3.63, 3.8) is 0 Å². The Kier molecular flexibility index (Phi) is 11.2. The average molecular weight is 896 g/mol. The Balaban J connectivity index is 0.986. The van der Waals surface area contributed by atoms with Crippen LogP contribution in [0.2, 0.25) is 5.15 Å². The van der Waals surface area contributed by atoms with Crippen LogP contribution in [0.1, 0.15) is 97.2 Å². The van der Waals surface area contributed by atoms with E-state index in [9.17, 15) is 13.2 Å². The molecule has 4 bridgehead atoms. The van der Waals surface area contributed by atoms with Crippen molar-refractivity contribution in [1.29, 1.82) is 0 Å². The Bertz CT molecular complexity index is 2650. The van der Waals surface area contributed by atoms with Gasteiger partial charge in [-0.3, -0.25) is 8.86 Å². The van der Waals surface area contributed by atoms with Gasteiger partial charge in [0, 0.05) is 35.5 Å². The monoisotopic (exact) mass is 894 g/mol. The van der Waals surface area contributed by atoms with Gasteiger partial charge in [-0.2, -0.15) is 13.5 Å². The van der Waals surface area contributed by atoms with Gasteiger partial charge in [-0.15, -0.1) is 10.2 Å². The zero-order valence-electron chi connectivity index (χ0n) is 36.9. The van der Waals surface area contributed by atoms with Crippen LogP contribution in [0.5, 0.6) is 5.75 Å². The SMILES string of the molecule is COc1ccc(COC(=O)c2nc(N3CCCc4c3nnc(Cl)c4C)ccc2-c2cnn(CC34CC5(C)CC(C)(C3)CC(OCCOS(=O)(=O)c3ccc(C)cc3)(C5)C4)c2C)cc1. The van der Waals surface area contributed by atoms with Gasteiger partial charge in [-0.25, -0.2) is 9.78 Å². The van der Waals surface area contributed by atoms with E-state index in [-0.39, 0.29) is 46.7 Å². The second-order valence-electron chi connectivity index (χ2n) is 19.3. The third kappa shape index (κ3) is 8.47. The van der Waals surface area contributed by atoms with Crippen molar-refractivity contribution >= 4 is 39.3 Å². The number of nitrogens with zero attached hydrogens (tertiary/aromatic N) is 6. The minimum Gasteiger partial charge on any atom is -0.497 e. The van der Waals surface area contributed by atoms with Gasteiger partial charge in [0.15, 0.2) is 16.7 Å². The second kappa shape index (κ2) is 16.3. The van der Waals surface area contributed by atoms with Crippen LogP contribution in [0, 0.1) is 37.0 Å². The van der Waals surface area contributed by atoms with Crippen molar-refractivity contribution in [3.05, 3.63) is 106 Å². The number of hydrogen-bond acceptors (Lipinski definition) is 12. The number of anilines is 2. The Morgan fingerprint density at radius 2 is 1.59 bits per heavy atom. The highest BCUT2D eigenvalue weighted by atomic mass is 35.5. The molecule has 63 heavy (non-hydrogen) atoms. The largest absolute Gasteiger partial charge is 0.497 e. The number of ether oxygens (including phenoxy) is 3. The third-order valence-electron chi connectivity index (χ3n) is 13.8. The molecule has 4 aliphatic carbocycles. The number of fused-ring (bicyclic) bond motifs is 1. The molecule has 4 fully saturated rings. The summed E-state index contributed by atoms with van der Waals surface area (Å²) in [5, 5.41) is 14.1. The fraction of sp³-hybridized carbons (Fsp3) is 0.479. The molecule has 0 radical (unpaired) electrons. The highest BCUT2D eigenvalue weighted by Crippen LogP contribution is 2.72. The molecular weight excluding hydrogens is 840 g/mol. The molecule has 0 N–H and O–H groups in total. The van der Waals surface area contributed by atoms with E-state index in [1.807, 2.05) is 68.3 Å². The number of benzene rings is 2. The highest BCUT2D eigenvalue weighted by Gasteiger charge is 2.66. The van der Waals surface area contributed by atoms with Crippen molar-refractivity contribution in [1.82, 2.24) is 25.0 Å². The Morgan fingerprint density at radius 3 is 2.30 bits per heavy atom. The van der Waals surface area contributed by atoms with Gasteiger partial charge in [0.25, 0.3) is 10.1 Å². The average Bonchev–Trinajstić information content (AvgIpc) is 3.59. The first-order valence-corrected chi connectivity index (χ1v) is 23.5. The van der Waals surface area contributed by atoms with Gasteiger partial charge in [0.1, 0.15) is 18.2 Å². The lowest BCUT2D eigenvalue weighted by Crippen LogP contribution is -2.64. The topological polar surface area (TPSA) is 148 Å². The highest BCUT2D eigenvalue weighted by molar-refractivity contribution is 7.86. The number of pyridine rings is 1. The Morgan fingerprint density at radius 1 is 0.857 bits per heavy atom. The smallest absolute Gasteiger partial charge is 0.358 e. The van der Waals surface area contributed by atoms with Gasteiger partial charge in [-0.05, 0) is 136 Å². The standard InChI is InChI=1S/C48H55ClN6O7S/c1-31-9-15-36(16-10-31)63(57,58)62-21-20-61-48-27-45(4)24-46(5,28-48)26-47(25-45,29-48)30-55-33(3)39(22-50-55)38-17-18-40(54-19-7-8-37-32(2)42(49)52-53-43(37)54)51-41(38)44(56)60-23-34-11-13-35(59-6)14-12-34/h9-18,22H,7-8,19-21,23-30H2,1-6H3. The molecule has 0 amide bonds. The maximum atomic E-state index is 14.2. The molecule has 2 unspecified atom stereocenters. The molecule has 0 saturated heterocycles. The molecule has 15 heteroatoms. The minimum absolute atomic E-state index is 0.0522. The number of esters is 1. The summed E-state index contributed by atoms with van der Waals surface area (Å²) in [4.78, 5) is 21.4. The molecular formula is C48H55ClN6O7S. The van der Waals surface area contributed by atoms with E-state index in [4.69, 9.17) is 40.1 Å². The van der Waals surface area contributed by atoms with E-state index in [0.29, 0.717) is 41.2 Å². The predicted octanol–water partition coefficient (Wildman–Crippen LogP) is 9.30. The lowest BCUT2D eigenvalue weighted by atomic mass is 9.39. The van der Waals surface area contributed by atoms with Crippen LogP contribution in [-0.4, -0.2) is 71.8 Å². The number of aryl methyl sites for hydroxylation is 1. The Labute approximate surface area is 374 Å². The lowest BCUT2D eigenvalue weighted by molar-refractivity contribution is -0.249. The normalized spacial score (nSPS) is 25.0. The van der Waals surface area contributed by atoms with E-state index < -0.39 is 21.7 Å². The van der Waals surface area contributed by atoms with E-state index in [1.54, 1.807) is 31.4 Å². The summed E-state index contributed by atoms with van der Waals surface area (Å²) in [5.41, 5.74) is 5.85. The minimum atomic E-state index is -3.90. The molecule has 3 aromatic heterocycles. The van der Waals surface area contributed by atoms with E-state index >= 15 is 0 Å². The number of rotatable bonds is 14. The molecule has 2 atom stereocenters. The number of halogens is 1. The molecule has 10 rings (SSSR count). The molecule has 1 aliphatic heterocycles. The fourth-order valence-corrected chi connectivity index (χ4v) is 13.2. The van der Waals surface area contributed by atoms with Crippen LogP contribution < -0.4 is 9.64 Å². The molecule has 4 saturated carbocycles. The van der Waals surface area contributed by atoms with E-state index in [2.05, 4.69) is 28.7 Å². The van der Waals surface area contributed by atoms with Crippen LogP contribution in [0.4, 0.5) is 11.6 Å². The van der Waals surface area contributed by atoms with Crippen molar-refractivity contribution in [2.24, 2.45) is 16.2 Å². The zero-order valence-corrected chi connectivity index (χ0v) is 38.4. The predicted molar refractivity (Wildman–Crippen MR) is 239 cm³/mol. The maximum Gasteiger partial charge on any atom is 0.358 e. The van der Waals surface area contributed by atoms with Crippen LogP contribution in [0.25, 0.3) is 11.1 Å². The summed E-state index contributed by atoms with van der Waals surface area (Å²) >= 11 is 6.38. The van der Waals surface area contributed by atoms with E-state index in [0.717, 1.165) is 84.9 Å². The first-order valence-electron chi connectivity index (χ1n) is 21.7. The van der Waals surface area contributed by atoms with E-state index in [1.165, 1.54) is 0 Å². The molecule has 13 nitrogen and oxygen atoms in total. The van der Waals surface area contributed by atoms with Crippen LogP contribution >= 0.6 is 11.6 Å². The van der Waals surface area contributed by atoms with Crippen molar-refractivity contribution in [2.75, 3.05) is 31.8 Å². The molecule has 4 heterocycles. The number of methoxy groups -OCH3 is 1. The molecule has 332 valence electrons. The van der Waals surface area contributed by atoms with Gasteiger partial charge in [0.05, 0.1) is 37.0 Å². The zero-order chi connectivity index (χ0) is 44.4.